The van der Waals surface area contributed by atoms with Crippen LogP contribution in [0, 0.1) is 18.7 Å². The van der Waals surface area contributed by atoms with Gasteiger partial charge < -0.3 is 10.1 Å². The molecule has 1 aromatic carbocycles. The minimum atomic E-state index is -4.46. The van der Waals surface area contributed by atoms with Gasteiger partial charge in [-0.15, -0.1) is 0 Å². The molecule has 1 atom stereocenters. The van der Waals surface area contributed by atoms with Gasteiger partial charge in [0.1, 0.15) is 17.4 Å². The smallest absolute Gasteiger partial charge is 0.422 e. The fourth-order valence-electron chi connectivity index (χ4n) is 2.64. The van der Waals surface area contributed by atoms with Gasteiger partial charge in [-0.25, -0.2) is 9.37 Å². The van der Waals surface area contributed by atoms with Gasteiger partial charge in [0.05, 0.1) is 0 Å². The number of pyridine rings is 1. The fraction of sp³-hybridized carbons (Fsp3) is 0.450. The summed E-state index contributed by atoms with van der Waals surface area (Å²) in [6.07, 6.45) is -4.46. The van der Waals surface area contributed by atoms with Crippen LogP contribution in [0.25, 0.3) is 0 Å². The Labute approximate surface area is 156 Å². The van der Waals surface area contributed by atoms with Crippen LogP contribution in [-0.2, 0) is 0 Å². The van der Waals surface area contributed by atoms with E-state index in [4.69, 9.17) is 0 Å². The minimum absolute atomic E-state index is 0.147. The number of halogens is 4. The molecular formula is C20H24F4N2O. The number of ether oxygens (including phenoxy) is 1. The van der Waals surface area contributed by atoms with E-state index in [1.54, 1.807) is 0 Å². The molecule has 0 saturated heterocycles. The van der Waals surface area contributed by atoms with Crippen LogP contribution < -0.4 is 10.1 Å². The third-order valence-corrected chi connectivity index (χ3v) is 4.01. The van der Waals surface area contributed by atoms with Crippen molar-refractivity contribution in [3.05, 3.63) is 53.0 Å². The Hall–Kier alpha value is -2.31. The van der Waals surface area contributed by atoms with Crippen molar-refractivity contribution in [1.82, 2.24) is 4.98 Å². The first kappa shape index (κ1) is 21.0. The second-order valence-corrected chi connectivity index (χ2v) is 7.01. The number of hydrogen-bond acceptors (Lipinski definition) is 3. The first-order valence-corrected chi connectivity index (χ1v) is 8.76. The lowest BCUT2D eigenvalue weighted by Gasteiger charge is -2.17. The lowest BCUT2D eigenvalue weighted by molar-refractivity contribution is -0.153. The molecule has 3 nitrogen and oxygen atoms in total. The molecule has 27 heavy (non-hydrogen) atoms. The van der Waals surface area contributed by atoms with Crippen LogP contribution in [0.1, 0.15) is 43.5 Å². The summed E-state index contributed by atoms with van der Waals surface area (Å²) in [7, 11) is 0. The Bertz CT molecular complexity index is 775. The van der Waals surface area contributed by atoms with Crippen molar-refractivity contribution in [2.45, 2.75) is 39.8 Å². The Morgan fingerprint density at radius 3 is 2.41 bits per heavy atom. The van der Waals surface area contributed by atoms with Crippen molar-refractivity contribution in [3.63, 3.8) is 0 Å². The predicted octanol–water partition coefficient (Wildman–Crippen LogP) is 5.69. The molecule has 0 spiro atoms. The molecule has 1 heterocycles. The molecule has 148 valence electrons. The van der Waals surface area contributed by atoms with E-state index in [0.29, 0.717) is 11.5 Å². The first-order valence-electron chi connectivity index (χ1n) is 8.76. The van der Waals surface area contributed by atoms with E-state index in [9.17, 15) is 17.6 Å². The molecule has 0 amide bonds. The SMILES string of the molecule is Cc1cc(C(C)c2ccc(OCC(F)(F)F)cc2F)cc(NCC(C)C)n1. The Kier molecular flexibility index (Phi) is 6.68. The van der Waals surface area contributed by atoms with Gasteiger partial charge in [0.25, 0.3) is 0 Å². The Morgan fingerprint density at radius 1 is 1.11 bits per heavy atom. The molecule has 7 heteroatoms. The number of benzene rings is 1. The maximum absolute atomic E-state index is 14.5. The number of rotatable bonds is 7. The molecule has 0 radical (unpaired) electrons. The second kappa shape index (κ2) is 8.59. The number of aryl methyl sites for hydroxylation is 1. The molecule has 2 aromatic rings. The molecule has 1 aromatic heterocycles. The summed E-state index contributed by atoms with van der Waals surface area (Å²) >= 11 is 0. The molecule has 1 N–H and O–H groups in total. The van der Waals surface area contributed by atoms with Crippen LogP contribution in [0.15, 0.2) is 30.3 Å². The number of alkyl halides is 3. The van der Waals surface area contributed by atoms with E-state index in [2.05, 4.69) is 28.9 Å². The van der Waals surface area contributed by atoms with E-state index >= 15 is 0 Å². The quantitative estimate of drug-likeness (QED) is 0.623. The maximum Gasteiger partial charge on any atom is 0.422 e. The van der Waals surface area contributed by atoms with Gasteiger partial charge in [0.2, 0.25) is 0 Å². The van der Waals surface area contributed by atoms with Crippen molar-refractivity contribution >= 4 is 5.82 Å². The standard InChI is InChI=1S/C20H24F4N2O/c1-12(2)10-25-19-8-15(7-13(3)26-19)14(4)17-6-5-16(9-18(17)21)27-11-20(22,23)24/h5-9,12,14H,10-11H2,1-4H3,(H,25,26). The maximum atomic E-state index is 14.5. The Morgan fingerprint density at radius 2 is 1.81 bits per heavy atom. The number of nitrogens with zero attached hydrogens (tertiary/aromatic N) is 1. The zero-order valence-corrected chi connectivity index (χ0v) is 15.8. The lowest BCUT2D eigenvalue weighted by Crippen LogP contribution is -2.19. The highest BCUT2D eigenvalue weighted by molar-refractivity contribution is 5.44. The van der Waals surface area contributed by atoms with Gasteiger partial charge >= 0.3 is 6.18 Å². The predicted molar refractivity (Wildman–Crippen MR) is 97.8 cm³/mol. The van der Waals surface area contributed by atoms with E-state index in [1.807, 2.05) is 26.0 Å². The minimum Gasteiger partial charge on any atom is -0.484 e. The van der Waals surface area contributed by atoms with Crippen molar-refractivity contribution in [2.75, 3.05) is 18.5 Å². The van der Waals surface area contributed by atoms with Gasteiger partial charge in [0, 0.05) is 24.2 Å². The van der Waals surface area contributed by atoms with Crippen LogP contribution in [0.5, 0.6) is 5.75 Å². The molecule has 0 aliphatic carbocycles. The highest BCUT2D eigenvalue weighted by Gasteiger charge is 2.28. The van der Waals surface area contributed by atoms with Crippen LogP contribution in [-0.4, -0.2) is 24.3 Å². The number of nitrogens with one attached hydrogen (secondary N) is 1. The topological polar surface area (TPSA) is 34.1 Å². The summed E-state index contributed by atoms with van der Waals surface area (Å²) in [5, 5.41) is 3.25. The molecule has 0 aliphatic heterocycles. The number of anilines is 1. The van der Waals surface area contributed by atoms with Crippen molar-refractivity contribution in [3.8, 4) is 5.75 Å². The Balaban J connectivity index is 2.20. The molecule has 1 unspecified atom stereocenters. The zero-order chi connectivity index (χ0) is 20.2. The summed E-state index contributed by atoms with van der Waals surface area (Å²) in [6, 6.07) is 7.55. The summed E-state index contributed by atoms with van der Waals surface area (Å²) in [5.41, 5.74) is 2.06. The molecule has 0 fully saturated rings. The monoisotopic (exact) mass is 384 g/mol. The number of hydrogen-bond donors (Lipinski definition) is 1. The van der Waals surface area contributed by atoms with E-state index in [0.717, 1.165) is 29.7 Å². The van der Waals surface area contributed by atoms with Gasteiger partial charge in [-0.05, 0) is 42.2 Å². The van der Waals surface area contributed by atoms with Crippen molar-refractivity contribution in [2.24, 2.45) is 5.92 Å². The third-order valence-electron chi connectivity index (χ3n) is 4.01. The van der Waals surface area contributed by atoms with E-state index < -0.39 is 18.6 Å². The fourth-order valence-corrected chi connectivity index (χ4v) is 2.64. The molecular weight excluding hydrogens is 360 g/mol. The molecule has 2 rings (SSSR count). The summed E-state index contributed by atoms with van der Waals surface area (Å²) in [5.74, 6) is 0.133. The highest BCUT2D eigenvalue weighted by atomic mass is 19.4. The normalized spacial score (nSPS) is 12.9. The van der Waals surface area contributed by atoms with Gasteiger partial charge in [-0.1, -0.05) is 26.8 Å². The highest BCUT2D eigenvalue weighted by Crippen LogP contribution is 2.30. The average Bonchev–Trinajstić information content (AvgIpc) is 2.56. The number of aromatic nitrogens is 1. The van der Waals surface area contributed by atoms with E-state index in [1.165, 1.54) is 12.1 Å². The van der Waals surface area contributed by atoms with Gasteiger partial charge in [0.15, 0.2) is 6.61 Å². The van der Waals surface area contributed by atoms with Crippen LogP contribution >= 0.6 is 0 Å². The molecule has 0 bridgehead atoms. The lowest BCUT2D eigenvalue weighted by atomic mass is 9.92. The summed E-state index contributed by atoms with van der Waals surface area (Å²) < 4.78 is 55.8. The van der Waals surface area contributed by atoms with E-state index in [-0.39, 0.29) is 11.7 Å². The first-order chi connectivity index (χ1) is 12.5. The van der Waals surface area contributed by atoms with Crippen LogP contribution in [0.4, 0.5) is 23.4 Å². The average molecular weight is 384 g/mol. The van der Waals surface area contributed by atoms with Crippen molar-refractivity contribution in [1.29, 1.82) is 0 Å². The van der Waals surface area contributed by atoms with Gasteiger partial charge in [-0.2, -0.15) is 13.2 Å². The van der Waals surface area contributed by atoms with Crippen molar-refractivity contribution < 1.29 is 22.3 Å². The summed E-state index contributed by atoms with van der Waals surface area (Å²) in [4.78, 5) is 4.43. The van der Waals surface area contributed by atoms with Crippen LogP contribution in [0.2, 0.25) is 0 Å². The largest absolute Gasteiger partial charge is 0.484 e. The van der Waals surface area contributed by atoms with Crippen LogP contribution in [0.3, 0.4) is 0 Å². The third kappa shape index (κ3) is 6.41. The molecule has 0 saturated carbocycles. The second-order valence-electron chi connectivity index (χ2n) is 7.01. The summed E-state index contributed by atoms with van der Waals surface area (Å²) in [6.45, 7) is 7.20. The molecule has 0 aliphatic rings. The van der Waals surface area contributed by atoms with Gasteiger partial charge in [-0.3, -0.25) is 0 Å². The zero-order valence-electron chi connectivity index (χ0n) is 15.8.